The SMILES string of the molecule is CCN(CC)Cc1cc(C(F)(F)F)ccc1Oc1ccc(-c2nc(CCOC(C)=O)cc(C(N)=O)n2)cc1. The number of hydrogen-bond donors (Lipinski definition) is 1. The van der Waals surface area contributed by atoms with Crippen molar-refractivity contribution in [2.75, 3.05) is 19.7 Å². The van der Waals surface area contributed by atoms with Crippen LogP contribution < -0.4 is 10.5 Å². The van der Waals surface area contributed by atoms with E-state index in [4.69, 9.17) is 15.2 Å². The minimum absolute atomic E-state index is 0.0129. The van der Waals surface area contributed by atoms with Crippen LogP contribution >= 0.6 is 0 Å². The predicted molar refractivity (Wildman–Crippen MR) is 134 cm³/mol. The molecule has 2 aromatic carbocycles. The molecule has 1 heterocycles. The molecule has 0 bridgehead atoms. The molecule has 202 valence electrons. The van der Waals surface area contributed by atoms with Crippen molar-refractivity contribution in [2.45, 2.75) is 39.9 Å². The fourth-order valence-electron chi connectivity index (χ4n) is 3.65. The average Bonchev–Trinajstić information content (AvgIpc) is 2.87. The molecule has 11 heteroatoms. The number of ether oxygens (including phenoxy) is 2. The summed E-state index contributed by atoms with van der Waals surface area (Å²) in [5, 5.41) is 0. The first-order chi connectivity index (χ1) is 18.0. The second-order valence-corrected chi connectivity index (χ2v) is 8.43. The molecule has 0 atom stereocenters. The Balaban J connectivity index is 1.87. The Morgan fingerprint density at radius 1 is 1.00 bits per heavy atom. The van der Waals surface area contributed by atoms with Crippen LogP contribution in [0.25, 0.3) is 11.4 Å². The van der Waals surface area contributed by atoms with Crippen LogP contribution in [-0.2, 0) is 28.7 Å². The number of nitrogens with zero attached hydrogens (tertiary/aromatic N) is 3. The molecule has 0 unspecified atom stereocenters. The highest BCUT2D eigenvalue weighted by atomic mass is 19.4. The lowest BCUT2D eigenvalue weighted by Crippen LogP contribution is -2.22. The van der Waals surface area contributed by atoms with Crippen LogP contribution in [0.15, 0.2) is 48.5 Å². The number of aromatic nitrogens is 2. The topological polar surface area (TPSA) is 108 Å². The first-order valence-electron chi connectivity index (χ1n) is 12.0. The van der Waals surface area contributed by atoms with Gasteiger partial charge in [-0.15, -0.1) is 0 Å². The van der Waals surface area contributed by atoms with Gasteiger partial charge >= 0.3 is 12.1 Å². The first-order valence-corrected chi connectivity index (χ1v) is 12.0. The van der Waals surface area contributed by atoms with E-state index in [9.17, 15) is 22.8 Å². The Kier molecular flexibility index (Phi) is 9.40. The zero-order valence-corrected chi connectivity index (χ0v) is 21.3. The molecule has 0 aliphatic carbocycles. The number of nitrogens with two attached hydrogens (primary N) is 1. The van der Waals surface area contributed by atoms with Gasteiger partial charge < -0.3 is 15.2 Å². The van der Waals surface area contributed by atoms with E-state index in [-0.39, 0.29) is 24.5 Å². The largest absolute Gasteiger partial charge is 0.465 e. The third-order valence-corrected chi connectivity index (χ3v) is 5.71. The van der Waals surface area contributed by atoms with Crippen molar-refractivity contribution in [3.63, 3.8) is 0 Å². The molecule has 1 aromatic heterocycles. The number of amides is 1. The van der Waals surface area contributed by atoms with Crippen molar-refractivity contribution in [1.29, 1.82) is 0 Å². The van der Waals surface area contributed by atoms with Gasteiger partial charge in [0.15, 0.2) is 5.82 Å². The Labute approximate surface area is 218 Å². The average molecular weight is 531 g/mol. The first kappa shape index (κ1) is 28.6. The van der Waals surface area contributed by atoms with Crippen LogP contribution in [-0.4, -0.2) is 46.4 Å². The third kappa shape index (κ3) is 7.75. The van der Waals surface area contributed by atoms with Gasteiger partial charge in [0.1, 0.15) is 17.2 Å². The van der Waals surface area contributed by atoms with Crippen LogP contribution in [0.3, 0.4) is 0 Å². The third-order valence-electron chi connectivity index (χ3n) is 5.71. The van der Waals surface area contributed by atoms with Gasteiger partial charge in [-0.3, -0.25) is 14.5 Å². The number of esters is 1. The quantitative estimate of drug-likeness (QED) is 0.348. The Morgan fingerprint density at radius 3 is 2.26 bits per heavy atom. The van der Waals surface area contributed by atoms with Gasteiger partial charge in [-0.1, -0.05) is 13.8 Å². The summed E-state index contributed by atoms with van der Waals surface area (Å²) in [6.45, 7) is 6.90. The van der Waals surface area contributed by atoms with Gasteiger partial charge in [-0.2, -0.15) is 13.2 Å². The fraction of sp³-hybridized carbons (Fsp3) is 0.333. The summed E-state index contributed by atoms with van der Waals surface area (Å²) in [4.78, 5) is 33.4. The molecular formula is C27H29F3N4O4. The van der Waals surface area contributed by atoms with Crippen molar-refractivity contribution < 1.29 is 32.2 Å². The molecular weight excluding hydrogens is 501 g/mol. The van der Waals surface area contributed by atoms with Crippen LogP contribution in [0.2, 0.25) is 0 Å². The number of carbonyl (C=O) groups excluding carboxylic acids is 2. The highest BCUT2D eigenvalue weighted by molar-refractivity contribution is 5.91. The lowest BCUT2D eigenvalue weighted by molar-refractivity contribution is -0.141. The summed E-state index contributed by atoms with van der Waals surface area (Å²) in [6.07, 6.45) is -4.20. The number of rotatable bonds is 11. The van der Waals surface area contributed by atoms with Crippen LogP contribution in [0.1, 0.15) is 48.1 Å². The van der Waals surface area contributed by atoms with E-state index >= 15 is 0 Å². The molecule has 0 fully saturated rings. The highest BCUT2D eigenvalue weighted by Crippen LogP contribution is 2.35. The maximum absolute atomic E-state index is 13.3. The Morgan fingerprint density at radius 2 is 1.68 bits per heavy atom. The number of benzene rings is 2. The van der Waals surface area contributed by atoms with E-state index in [1.807, 2.05) is 18.7 Å². The number of primary amides is 1. The minimum Gasteiger partial charge on any atom is -0.465 e. The van der Waals surface area contributed by atoms with Crippen molar-refractivity contribution in [2.24, 2.45) is 5.73 Å². The summed E-state index contributed by atoms with van der Waals surface area (Å²) < 4.78 is 50.9. The molecule has 3 rings (SSSR count). The molecule has 1 amide bonds. The molecule has 8 nitrogen and oxygen atoms in total. The maximum atomic E-state index is 13.3. The summed E-state index contributed by atoms with van der Waals surface area (Å²) in [5.41, 5.74) is 6.14. The molecule has 38 heavy (non-hydrogen) atoms. The van der Waals surface area contributed by atoms with E-state index < -0.39 is 23.6 Å². The summed E-state index contributed by atoms with van der Waals surface area (Å²) in [7, 11) is 0. The normalized spacial score (nSPS) is 11.4. The van der Waals surface area contributed by atoms with E-state index in [2.05, 4.69) is 9.97 Å². The minimum atomic E-state index is -4.46. The van der Waals surface area contributed by atoms with Gasteiger partial charge in [-0.25, -0.2) is 9.97 Å². The Bertz CT molecular complexity index is 1280. The van der Waals surface area contributed by atoms with Crippen molar-refractivity contribution in [3.8, 4) is 22.9 Å². The highest BCUT2D eigenvalue weighted by Gasteiger charge is 2.31. The Hall–Kier alpha value is -3.99. The number of hydrogen-bond acceptors (Lipinski definition) is 7. The number of carbonyl (C=O) groups is 2. The zero-order chi connectivity index (χ0) is 27.9. The maximum Gasteiger partial charge on any atom is 0.416 e. The van der Waals surface area contributed by atoms with Crippen molar-refractivity contribution in [1.82, 2.24) is 14.9 Å². The molecule has 0 radical (unpaired) electrons. The predicted octanol–water partition coefficient (Wildman–Crippen LogP) is 5.00. The molecule has 0 aliphatic heterocycles. The van der Waals surface area contributed by atoms with Gasteiger partial charge in [0.05, 0.1) is 12.2 Å². The van der Waals surface area contributed by atoms with Crippen LogP contribution in [0.5, 0.6) is 11.5 Å². The second kappa shape index (κ2) is 12.5. The molecule has 0 spiro atoms. The van der Waals surface area contributed by atoms with E-state index in [0.717, 1.165) is 12.1 Å². The number of alkyl halides is 3. The van der Waals surface area contributed by atoms with Crippen LogP contribution in [0, 0.1) is 0 Å². The van der Waals surface area contributed by atoms with Crippen molar-refractivity contribution >= 4 is 11.9 Å². The fourth-order valence-corrected chi connectivity index (χ4v) is 3.65. The second-order valence-electron chi connectivity index (χ2n) is 8.43. The molecule has 3 aromatic rings. The van der Waals surface area contributed by atoms with Gasteiger partial charge in [0.25, 0.3) is 5.91 Å². The smallest absolute Gasteiger partial charge is 0.416 e. The van der Waals surface area contributed by atoms with E-state index in [1.165, 1.54) is 19.1 Å². The van der Waals surface area contributed by atoms with E-state index in [0.29, 0.717) is 48.0 Å². The monoisotopic (exact) mass is 530 g/mol. The molecule has 0 aliphatic rings. The standard InChI is InChI=1S/C27H29F3N4O4/c1-4-34(5-2)16-19-14-20(27(28,29)30)8-11-24(19)38-22-9-6-18(7-10-22)26-32-21(12-13-37-17(3)35)15-23(33-26)25(31)36/h6-11,14-15H,4-5,12-13,16H2,1-3H3,(H2,31,36). The van der Waals surface area contributed by atoms with Gasteiger partial charge in [0.2, 0.25) is 0 Å². The van der Waals surface area contributed by atoms with Gasteiger partial charge in [0, 0.05) is 36.7 Å². The molecule has 0 saturated heterocycles. The van der Waals surface area contributed by atoms with Crippen molar-refractivity contribution in [3.05, 3.63) is 71.0 Å². The van der Waals surface area contributed by atoms with Gasteiger partial charge in [-0.05, 0) is 61.6 Å². The summed E-state index contributed by atoms with van der Waals surface area (Å²) in [5.74, 6) is -0.209. The zero-order valence-electron chi connectivity index (χ0n) is 21.3. The lowest BCUT2D eigenvalue weighted by atomic mass is 10.1. The molecule has 2 N–H and O–H groups in total. The number of halogens is 3. The molecule has 0 saturated carbocycles. The lowest BCUT2D eigenvalue weighted by Gasteiger charge is -2.21. The summed E-state index contributed by atoms with van der Waals surface area (Å²) in [6, 6.07) is 11.5. The summed E-state index contributed by atoms with van der Waals surface area (Å²) >= 11 is 0. The van der Waals surface area contributed by atoms with Crippen LogP contribution in [0.4, 0.5) is 13.2 Å². The van der Waals surface area contributed by atoms with E-state index in [1.54, 1.807) is 24.3 Å².